The molecule has 1 aliphatic carbocycles. The van der Waals surface area contributed by atoms with E-state index in [0.29, 0.717) is 33.8 Å². The predicted octanol–water partition coefficient (Wildman–Crippen LogP) is 5.54. The highest BCUT2D eigenvalue weighted by molar-refractivity contribution is 7.70. The standard InChI is InChI=1S/C26H30ClFN5O2P/c1-36(2,34)24-14-19(28)6-10-23(24)31-25-22(27)15-29-26(32-25)30-20-7-3-17-4-8-21(9-5-18(17)13-20)33-11-12-35-16-33/h3,6-7,10,13-15,21H,4-5,8-9,11-12,16H2,1-2H3,(H2,29,30,31,32). The molecule has 2 aromatic carbocycles. The van der Waals surface area contributed by atoms with Crippen molar-refractivity contribution in [2.75, 3.05) is 43.8 Å². The second-order valence-corrected chi connectivity index (χ2v) is 13.3. The molecular weight excluding hydrogens is 500 g/mol. The van der Waals surface area contributed by atoms with Crippen LogP contribution in [-0.4, -0.2) is 54.1 Å². The number of aromatic nitrogens is 2. The Kier molecular flexibility index (Phi) is 7.31. The van der Waals surface area contributed by atoms with Crippen LogP contribution in [0.2, 0.25) is 5.02 Å². The first-order chi connectivity index (χ1) is 17.3. The summed E-state index contributed by atoms with van der Waals surface area (Å²) in [6.07, 6.45) is 5.84. The molecule has 1 atom stereocenters. The van der Waals surface area contributed by atoms with E-state index in [4.69, 9.17) is 16.3 Å². The minimum atomic E-state index is -2.74. The molecule has 0 bridgehead atoms. The quantitative estimate of drug-likeness (QED) is 0.320. The fraction of sp³-hybridized carbons (Fsp3) is 0.385. The summed E-state index contributed by atoms with van der Waals surface area (Å²) >= 11 is 6.36. The molecule has 2 N–H and O–H groups in total. The van der Waals surface area contributed by atoms with Crippen LogP contribution in [0.4, 0.5) is 27.5 Å². The third kappa shape index (κ3) is 5.73. The molecule has 7 nitrogen and oxygen atoms in total. The van der Waals surface area contributed by atoms with Gasteiger partial charge in [0.25, 0.3) is 0 Å². The Bertz CT molecular complexity index is 1310. The molecule has 1 aromatic heterocycles. The summed E-state index contributed by atoms with van der Waals surface area (Å²) in [5, 5.41) is 7.10. The highest BCUT2D eigenvalue weighted by Gasteiger charge is 2.25. The van der Waals surface area contributed by atoms with Crippen molar-refractivity contribution in [3.63, 3.8) is 0 Å². The van der Waals surface area contributed by atoms with Gasteiger partial charge in [-0.2, -0.15) is 4.98 Å². The lowest BCUT2D eigenvalue weighted by molar-refractivity contribution is 0.108. The zero-order chi connectivity index (χ0) is 25.3. The molecule has 0 radical (unpaired) electrons. The molecule has 1 saturated heterocycles. The van der Waals surface area contributed by atoms with E-state index in [2.05, 4.69) is 37.6 Å². The third-order valence-corrected chi connectivity index (χ3v) is 8.60. The summed E-state index contributed by atoms with van der Waals surface area (Å²) in [5.41, 5.74) is 4.13. The number of hydrogen-bond acceptors (Lipinski definition) is 7. The first-order valence-electron chi connectivity index (χ1n) is 12.1. The van der Waals surface area contributed by atoms with Gasteiger partial charge in [-0.15, -0.1) is 0 Å². The summed E-state index contributed by atoms with van der Waals surface area (Å²) < 4.78 is 32.1. The van der Waals surface area contributed by atoms with E-state index in [1.165, 1.54) is 29.5 Å². The molecule has 1 unspecified atom stereocenters. The molecule has 3 aromatic rings. The molecule has 36 heavy (non-hydrogen) atoms. The fourth-order valence-electron chi connectivity index (χ4n) is 4.88. The van der Waals surface area contributed by atoms with Gasteiger partial charge in [-0.3, -0.25) is 4.90 Å². The lowest BCUT2D eigenvalue weighted by atomic mass is 10.0. The maximum Gasteiger partial charge on any atom is 0.229 e. The van der Waals surface area contributed by atoms with E-state index < -0.39 is 13.0 Å². The number of fused-ring (bicyclic) bond motifs is 1. The van der Waals surface area contributed by atoms with Gasteiger partial charge < -0.3 is 19.9 Å². The Morgan fingerprint density at radius 1 is 1.11 bits per heavy atom. The van der Waals surface area contributed by atoms with E-state index in [1.807, 2.05) is 6.07 Å². The Morgan fingerprint density at radius 3 is 2.67 bits per heavy atom. The summed E-state index contributed by atoms with van der Waals surface area (Å²) in [6, 6.07) is 11.1. The Hall–Kier alpha value is -2.51. The van der Waals surface area contributed by atoms with Crippen molar-refractivity contribution in [1.82, 2.24) is 14.9 Å². The summed E-state index contributed by atoms with van der Waals surface area (Å²) in [6.45, 7) is 5.78. The van der Waals surface area contributed by atoms with Gasteiger partial charge in [0.15, 0.2) is 5.82 Å². The number of anilines is 4. The number of ether oxygens (including phenoxy) is 1. The number of rotatable bonds is 6. The Morgan fingerprint density at radius 2 is 1.92 bits per heavy atom. The van der Waals surface area contributed by atoms with E-state index in [0.717, 1.165) is 51.3 Å². The number of aryl methyl sites for hydroxylation is 2. The van der Waals surface area contributed by atoms with Gasteiger partial charge in [0.2, 0.25) is 5.95 Å². The van der Waals surface area contributed by atoms with Gasteiger partial charge in [-0.1, -0.05) is 17.7 Å². The molecule has 190 valence electrons. The van der Waals surface area contributed by atoms with Crippen LogP contribution in [-0.2, 0) is 22.1 Å². The van der Waals surface area contributed by atoms with E-state index in [1.54, 1.807) is 19.4 Å². The monoisotopic (exact) mass is 529 g/mol. The Balaban J connectivity index is 1.33. The first kappa shape index (κ1) is 25.2. The highest BCUT2D eigenvalue weighted by atomic mass is 35.5. The molecule has 2 aliphatic rings. The molecule has 5 rings (SSSR count). The van der Waals surface area contributed by atoms with E-state index >= 15 is 0 Å². The second-order valence-electron chi connectivity index (χ2n) is 9.72. The van der Waals surface area contributed by atoms with Gasteiger partial charge in [0.1, 0.15) is 18.0 Å². The molecule has 10 heteroatoms. The first-order valence-corrected chi connectivity index (χ1v) is 15.1. The third-order valence-electron chi connectivity index (χ3n) is 6.79. The highest BCUT2D eigenvalue weighted by Crippen LogP contribution is 2.39. The molecule has 1 aliphatic heterocycles. The normalized spacial score (nSPS) is 18.5. The zero-order valence-electron chi connectivity index (χ0n) is 20.4. The maximum absolute atomic E-state index is 13.8. The average molecular weight is 530 g/mol. The smallest absolute Gasteiger partial charge is 0.229 e. The largest absolute Gasteiger partial charge is 0.365 e. The van der Waals surface area contributed by atoms with Crippen molar-refractivity contribution >= 4 is 47.2 Å². The van der Waals surface area contributed by atoms with Crippen molar-refractivity contribution in [2.24, 2.45) is 0 Å². The summed E-state index contributed by atoms with van der Waals surface area (Å²) in [5.74, 6) is 0.280. The van der Waals surface area contributed by atoms with Crippen LogP contribution in [0, 0.1) is 5.82 Å². The van der Waals surface area contributed by atoms with Crippen LogP contribution in [0.5, 0.6) is 0 Å². The van der Waals surface area contributed by atoms with E-state index in [-0.39, 0.29) is 0 Å². The van der Waals surface area contributed by atoms with Crippen molar-refractivity contribution in [3.8, 4) is 0 Å². The van der Waals surface area contributed by atoms with Crippen LogP contribution in [0.25, 0.3) is 0 Å². The SMILES string of the molecule is CP(C)(=O)c1cc(F)ccc1Nc1nc(Nc2ccc3c(c2)CCC(N2CCOC2)CC3)ncc1Cl. The fourth-order valence-corrected chi connectivity index (χ4v) is 6.16. The molecule has 0 amide bonds. The lowest BCUT2D eigenvalue weighted by Gasteiger charge is -2.24. The Labute approximate surface area is 215 Å². The summed E-state index contributed by atoms with van der Waals surface area (Å²) in [7, 11) is -2.74. The molecule has 0 saturated carbocycles. The van der Waals surface area contributed by atoms with Crippen LogP contribution >= 0.6 is 18.7 Å². The van der Waals surface area contributed by atoms with Crippen LogP contribution in [0.15, 0.2) is 42.6 Å². The number of nitrogens with zero attached hydrogens (tertiary/aromatic N) is 3. The number of nitrogens with one attached hydrogen (secondary N) is 2. The molecule has 1 fully saturated rings. The van der Waals surface area contributed by atoms with Gasteiger partial charge in [0, 0.05) is 23.6 Å². The minimum absolute atomic E-state index is 0.303. The number of benzene rings is 2. The molecule has 0 spiro atoms. The van der Waals surface area contributed by atoms with E-state index in [9.17, 15) is 8.96 Å². The molecular formula is C26H30ClFN5O2P. The number of hydrogen-bond donors (Lipinski definition) is 2. The summed E-state index contributed by atoms with van der Waals surface area (Å²) in [4.78, 5) is 11.3. The van der Waals surface area contributed by atoms with Crippen molar-refractivity contribution in [3.05, 3.63) is 64.6 Å². The predicted molar refractivity (Wildman–Crippen MR) is 143 cm³/mol. The average Bonchev–Trinajstić information content (AvgIpc) is 3.29. The van der Waals surface area contributed by atoms with Crippen LogP contribution < -0.4 is 15.9 Å². The van der Waals surface area contributed by atoms with Gasteiger partial charge in [-0.05, 0) is 80.5 Å². The van der Waals surface area contributed by atoms with Crippen molar-refractivity contribution < 1.29 is 13.7 Å². The van der Waals surface area contributed by atoms with Gasteiger partial charge in [-0.25, -0.2) is 9.37 Å². The van der Waals surface area contributed by atoms with Gasteiger partial charge in [0.05, 0.1) is 25.2 Å². The molecule has 2 heterocycles. The van der Waals surface area contributed by atoms with Crippen LogP contribution in [0.3, 0.4) is 0 Å². The second kappa shape index (κ2) is 10.5. The van der Waals surface area contributed by atoms with Crippen molar-refractivity contribution in [1.29, 1.82) is 0 Å². The topological polar surface area (TPSA) is 79.4 Å². The maximum atomic E-state index is 13.8. The lowest BCUT2D eigenvalue weighted by Crippen LogP contribution is -2.33. The van der Waals surface area contributed by atoms with Crippen LogP contribution in [0.1, 0.15) is 24.0 Å². The number of halogens is 2. The minimum Gasteiger partial charge on any atom is -0.365 e. The van der Waals surface area contributed by atoms with Gasteiger partial charge >= 0.3 is 0 Å². The van der Waals surface area contributed by atoms with Crippen molar-refractivity contribution in [2.45, 2.75) is 31.7 Å². The zero-order valence-corrected chi connectivity index (χ0v) is 22.1.